The highest BCUT2D eigenvalue weighted by Gasteiger charge is 2.42. The lowest BCUT2D eigenvalue weighted by molar-refractivity contribution is -0.137. The third-order valence-corrected chi connectivity index (χ3v) is 7.81. The van der Waals surface area contributed by atoms with Gasteiger partial charge in [0.2, 0.25) is 0 Å². The van der Waals surface area contributed by atoms with Gasteiger partial charge in [-0.25, -0.2) is 0 Å². The van der Waals surface area contributed by atoms with Crippen LogP contribution in [-0.2, 0) is 4.79 Å². The van der Waals surface area contributed by atoms with Gasteiger partial charge >= 0.3 is 5.97 Å². The smallest absolute Gasteiger partial charge is 0.327 e. The summed E-state index contributed by atoms with van der Waals surface area (Å²) in [4.78, 5) is 29.2. The zero-order chi connectivity index (χ0) is 25.9. The van der Waals surface area contributed by atoms with Crippen molar-refractivity contribution < 1.29 is 19.8 Å². The first-order valence-corrected chi connectivity index (χ1v) is 12.6. The number of carboxylic acid groups (broad SMARTS) is 1. The Labute approximate surface area is 217 Å². The monoisotopic (exact) mass is 504 g/mol. The average molecular weight is 505 g/mol. The molecule has 0 aliphatic carbocycles. The molecule has 0 radical (unpaired) electrons. The molecule has 0 unspecified atom stereocenters. The second-order valence-corrected chi connectivity index (χ2v) is 10.6. The van der Waals surface area contributed by atoms with Crippen LogP contribution < -0.4 is 0 Å². The van der Waals surface area contributed by atoms with E-state index in [-0.39, 0.29) is 6.04 Å². The number of nitrogens with zero attached hydrogens (tertiary/aromatic N) is 2. The van der Waals surface area contributed by atoms with Gasteiger partial charge in [0.25, 0.3) is 0 Å². The van der Waals surface area contributed by atoms with Crippen LogP contribution in [0, 0.1) is 11.8 Å². The van der Waals surface area contributed by atoms with Crippen molar-refractivity contribution in [2.75, 3.05) is 13.1 Å². The summed E-state index contributed by atoms with van der Waals surface area (Å²) in [5, 5.41) is 20.9. The van der Waals surface area contributed by atoms with Gasteiger partial charge < -0.3 is 10.2 Å². The molecule has 6 rings (SSSR count). The molecule has 188 valence electrons. The maximum atomic E-state index is 11.7. The van der Waals surface area contributed by atoms with Crippen molar-refractivity contribution in [2.24, 2.45) is 11.8 Å². The van der Waals surface area contributed by atoms with Gasteiger partial charge in [-0.05, 0) is 55.8 Å². The lowest BCUT2D eigenvalue weighted by atomic mass is 9.73. The number of piperidine rings is 3. The first kappa shape index (κ1) is 26.1. The molecule has 3 aliphatic rings. The van der Waals surface area contributed by atoms with E-state index in [1.54, 1.807) is 30.3 Å². The summed E-state index contributed by atoms with van der Waals surface area (Å²) in [6.07, 6.45) is 5.76. The molecule has 2 aromatic carbocycles. The highest BCUT2D eigenvalue weighted by atomic mass is 32.1. The molecule has 7 heteroatoms. The number of hydrogen-bond donors (Lipinski definition) is 3. The lowest BCUT2D eigenvalue weighted by Gasteiger charge is -2.50. The van der Waals surface area contributed by atoms with Crippen molar-refractivity contribution >= 4 is 35.3 Å². The van der Waals surface area contributed by atoms with Crippen LogP contribution in [0.5, 0.6) is 0 Å². The largest absolute Gasteiger partial charge is 0.480 e. The molecule has 3 aliphatic heterocycles. The number of rotatable bonds is 6. The van der Waals surface area contributed by atoms with Gasteiger partial charge in [0.1, 0.15) is 0 Å². The molecule has 6 nitrogen and oxygen atoms in total. The number of carboxylic acids is 1. The number of benzene rings is 2. The van der Waals surface area contributed by atoms with E-state index in [1.807, 2.05) is 30.5 Å². The number of para-hydroxylation sites is 1. The average Bonchev–Trinajstić information content (AvgIpc) is 2.92. The predicted molar refractivity (Wildman–Crippen MR) is 144 cm³/mol. The summed E-state index contributed by atoms with van der Waals surface area (Å²) in [6, 6.07) is 18.5. The fraction of sp³-hybridized carbons (Fsp3) is 0.345. The molecule has 3 saturated heterocycles. The number of carbonyl (C=O) groups is 2. The molecule has 0 amide bonds. The van der Waals surface area contributed by atoms with Crippen molar-refractivity contribution in [3.63, 3.8) is 0 Å². The molecular formula is C29H32N2O4S. The SMILES string of the molecule is C=C[C@H]1C[N@]2CC[C@H]1C[C@@H]2[C@@H](O)c1ccnc2ccccc12.C[C@@](S)(C(=O)O)C(=O)c1ccccc1. The number of aliphatic hydroxyl groups is 1. The predicted octanol–water partition coefficient (Wildman–Crippen LogP) is 4.81. The molecule has 2 N–H and O–H groups in total. The number of hydrogen-bond acceptors (Lipinski definition) is 6. The molecule has 1 aromatic heterocycles. The molecular weight excluding hydrogens is 472 g/mol. The maximum Gasteiger partial charge on any atom is 0.327 e. The number of pyridine rings is 1. The Bertz CT molecular complexity index is 1240. The number of fused-ring (bicyclic) bond motifs is 4. The summed E-state index contributed by atoms with van der Waals surface area (Å²) in [6.45, 7) is 7.38. The lowest BCUT2D eigenvalue weighted by Crippen LogP contribution is -2.54. The Morgan fingerprint density at radius 2 is 1.86 bits per heavy atom. The number of aliphatic hydroxyl groups excluding tert-OH is 1. The number of ketones is 1. The molecule has 3 fully saturated rings. The third-order valence-electron chi connectivity index (χ3n) is 7.41. The van der Waals surface area contributed by atoms with Crippen LogP contribution >= 0.6 is 12.6 Å². The van der Waals surface area contributed by atoms with Gasteiger partial charge in [-0.1, -0.05) is 54.6 Å². The van der Waals surface area contributed by atoms with Crippen LogP contribution in [0.25, 0.3) is 10.9 Å². The highest BCUT2D eigenvalue weighted by molar-refractivity contribution is 7.83. The normalized spacial score (nSPS) is 25.2. The Morgan fingerprint density at radius 3 is 2.50 bits per heavy atom. The van der Waals surface area contributed by atoms with Crippen LogP contribution in [0.1, 0.15) is 41.8 Å². The highest BCUT2D eigenvalue weighted by Crippen LogP contribution is 2.41. The Balaban J connectivity index is 0.000000189. The topological polar surface area (TPSA) is 90.7 Å². The minimum atomic E-state index is -1.67. The molecule has 0 saturated carbocycles. The first-order chi connectivity index (χ1) is 17.2. The van der Waals surface area contributed by atoms with Crippen LogP contribution in [0.2, 0.25) is 0 Å². The number of Topliss-reactive ketones (excluding diaryl/α,β-unsaturated/α-hetero) is 1. The summed E-state index contributed by atoms with van der Waals surface area (Å²) < 4.78 is -1.67. The summed E-state index contributed by atoms with van der Waals surface area (Å²) in [7, 11) is 0. The van der Waals surface area contributed by atoms with Crippen molar-refractivity contribution in [2.45, 2.75) is 36.7 Å². The second kappa shape index (κ2) is 10.9. The van der Waals surface area contributed by atoms with Gasteiger partial charge in [-0.3, -0.25) is 19.5 Å². The van der Waals surface area contributed by atoms with Gasteiger partial charge in [-0.15, -0.1) is 6.58 Å². The van der Waals surface area contributed by atoms with Gasteiger partial charge in [-0.2, -0.15) is 12.6 Å². The summed E-state index contributed by atoms with van der Waals surface area (Å²) >= 11 is 3.84. The fourth-order valence-corrected chi connectivity index (χ4v) is 5.39. The minimum Gasteiger partial charge on any atom is -0.480 e. The quantitative estimate of drug-likeness (QED) is 0.193. The number of carbonyl (C=O) groups excluding carboxylic acids is 1. The van der Waals surface area contributed by atoms with E-state index in [1.165, 1.54) is 13.3 Å². The van der Waals surface area contributed by atoms with E-state index in [9.17, 15) is 14.7 Å². The summed E-state index contributed by atoms with van der Waals surface area (Å²) in [5.41, 5.74) is 2.32. The van der Waals surface area contributed by atoms with Crippen molar-refractivity contribution in [1.29, 1.82) is 0 Å². The van der Waals surface area contributed by atoms with Gasteiger partial charge in [0, 0.05) is 29.7 Å². The molecule has 6 atom stereocenters. The zero-order valence-electron chi connectivity index (χ0n) is 20.3. The van der Waals surface area contributed by atoms with E-state index in [2.05, 4.69) is 41.2 Å². The van der Waals surface area contributed by atoms with Crippen molar-refractivity contribution in [1.82, 2.24) is 9.88 Å². The van der Waals surface area contributed by atoms with Crippen molar-refractivity contribution in [3.8, 4) is 0 Å². The van der Waals surface area contributed by atoms with Crippen LogP contribution in [-0.4, -0.2) is 55.7 Å². The second-order valence-electron chi connectivity index (χ2n) is 9.68. The Hall–Kier alpha value is -3.00. The third kappa shape index (κ3) is 5.24. The van der Waals surface area contributed by atoms with E-state index in [4.69, 9.17) is 5.11 Å². The standard InChI is InChI=1S/C19H22N2O.C10H10O3S/c1-2-13-12-21-10-8-14(13)11-18(21)19(22)16-7-9-20-17-6-4-3-5-15(16)17;1-10(14,9(12)13)8(11)7-5-3-2-4-6-7/h2-7,9,13-14,18-19,22H,1,8,10-12H2;2-6,14H,1H3,(H,12,13)/t13-,14-,18+,19-;10-/m00/s1. The molecule has 2 bridgehead atoms. The maximum absolute atomic E-state index is 11.7. The molecule has 3 aromatic rings. The number of thiol groups is 1. The van der Waals surface area contributed by atoms with E-state index >= 15 is 0 Å². The van der Waals surface area contributed by atoms with Crippen LogP contribution in [0.15, 0.2) is 79.5 Å². The fourth-order valence-electron chi connectivity index (χ4n) is 5.26. The molecule has 0 spiro atoms. The minimum absolute atomic E-state index is 0.223. The Kier molecular flexibility index (Phi) is 7.93. The van der Waals surface area contributed by atoms with Gasteiger partial charge in [0.05, 0.1) is 11.6 Å². The molecule has 36 heavy (non-hydrogen) atoms. The zero-order valence-corrected chi connectivity index (χ0v) is 21.2. The number of aromatic nitrogens is 1. The van der Waals surface area contributed by atoms with Gasteiger partial charge in [0.15, 0.2) is 10.5 Å². The van der Waals surface area contributed by atoms with Crippen molar-refractivity contribution in [3.05, 3.63) is 90.6 Å². The van der Waals surface area contributed by atoms with E-state index in [0.29, 0.717) is 17.4 Å². The van der Waals surface area contributed by atoms with Crippen LogP contribution in [0.3, 0.4) is 0 Å². The first-order valence-electron chi connectivity index (χ1n) is 12.2. The Morgan fingerprint density at radius 1 is 1.17 bits per heavy atom. The van der Waals surface area contributed by atoms with E-state index in [0.717, 1.165) is 36.0 Å². The number of aliphatic carboxylic acids is 1. The van der Waals surface area contributed by atoms with E-state index < -0.39 is 22.6 Å². The van der Waals surface area contributed by atoms with Crippen LogP contribution in [0.4, 0.5) is 0 Å². The summed E-state index contributed by atoms with van der Waals surface area (Å²) in [5.74, 6) is -0.481. The molecule has 4 heterocycles.